The molecule has 1 heterocycles. The first-order valence-corrected chi connectivity index (χ1v) is 8.27. The van der Waals surface area contributed by atoms with E-state index in [2.05, 4.69) is 0 Å². The van der Waals surface area contributed by atoms with Crippen LogP contribution in [0.4, 0.5) is 17.6 Å². The standard InChI is InChI=1S/C19H16F4N2O2/c20-16-6-2-4-14(12-16)18(27)25-9-7-24(8-10-25)17(26)13-3-1-5-15(11-13)19(21,22)23/h1-6,11-12H,7-10H2. The molecule has 2 aromatic rings. The van der Waals surface area contributed by atoms with Crippen molar-refractivity contribution in [2.24, 2.45) is 0 Å². The molecule has 2 amide bonds. The largest absolute Gasteiger partial charge is 0.416 e. The molecular weight excluding hydrogens is 364 g/mol. The average molecular weight is 380 g/mol. The van der Waals surface area contributed by atoms with Gasteiger partial charge in [0.2, 0.25) is 0 Å². The number of hydrogen-bond donors (Lipinski definition) is 0. The van der Waals surface area contributed by atoms with Crippen LogP contribution >= 0.6 is 0 Å². The van der Waals surface area contributed by atoms with Gasteiger partial charge in [-0.3, -0.25) is 9.59 Å². The Hall–Kier alpha value is -2.90. The van der Waals surface area contributed by atoms with E-state index < -0.39 is 23.5 Å². The van der Waals surface area contributed by atoms with Crippen LogP contribution in [-0.2, 0) is 6.18 Å². The van der Waals surface area contributed by atoms with Crippen molar-refractivity contribution in [1.29, 1.82) is 0 Å². The van der Waals surface area contributed by atoms with Gasteiger partial charge in [0.15, 0.2) is 0 Å². The summed E-state index contributed by atoms with van der Waals surface area (Å²) in [5.41, 5.74) is -0.712. The fourth-order valence-corrected chi connectivity index (χ4v) is 2.93. The average Bonchev–Trinajstić information content (AvgIpc) is 2.66. The van der Waals surface area contributed by atoms with E-state index in [0.717, 1.165) is 18.2 Å². The van der Waals surface area contributed by atoms with E-state index in [-0.39, 0.29) is 43.2 Å². The van der Waals surface area contributed by atoms with Crippen molar-refractivity contribution in [3.63, 3.8) is 0 Å². The van der Waals surface area contributed by atoms with Gasteiger partial charge in [0.05, 0.1) is 5.56 Å². The molecule has 1 aliphatic rings. The number of halogens is 4. The molecule has 142 valence electrons. The summed E-state index contributed by atoms with van der Waals surface area (Å²) in [5.74, 6) is -1.38. The Morgan fingerprint density at radius 1 is 0.778 bits per heavy atom. The Morgan fingerprint density at radius 3 is 1.74 bits per heavy atom. The molecule has 0 N–H and O–H groups in total. The minimum Gasteiger partial charge on any atom is -0.335 e. The summed E-state index contributed by atoms with van der Waals surface area (Å²) in [7, 11) is 0. The molecule has 0 spiro atoms. The predicted molar refractivity (Wildman–Crippen MR) is 89.7 cm³/mol. The van der Waals surface area contributed by atoms with Gasteiger partial charge in [-0.15, -0.1) is 0 Å². The quantitative estimate of drug-likeness (QED) is 0.749. The molecule has 0 radical (unpaired) electrons. The summed E-state index contributed by atoms with van der Waals surface area (Å²) in [6.07, 6.45) is -4.52. The fourth-order valence-electron chi connectivity index (χ4n) is 2.93. The molecule has 0 aliphatic carbocycles. The summed E-state index contributed by atoms with van der Waals surface area (Å²) < 4.78 is 51.7. The molecule has 3 rings (SSSR count). The number of alkyl halides is 3. The third-order valence-electron chi connectivity index (χ3n) is 4.36. The monoisotopic (exact) mass is 380 g/mol. The molecule has 0 aromatic heterocycles. The molecule has 0 atom stereocenters. The van der Waals surface area contributed by atoms with Crippen molar-refractivity contribution >= 4 is 11.8 Å². The minimum atomic E-state index is -4.52. The maximum absolute atomic E-state index is 13.3. The molecule has 0 bridgehead atoms. The highest BCUT2D eigenvalue weighted by Crippen LogP contribution is 2.29. The minimum absolute atomic E-state index is 0.0465. The van der Waals surface area contributed by atoms with Crippen molar-refractivity contribution in [3.8, 4) is 0 Å². The van der Waals surface area contributed by atoms with Crippen molar-refractivity contribution < 1.29 is 27.2 Å². The fraction of sp³-hybridized carbons (Fsp3) is 0.263. The van der Waals surface area contributed by atoms with Crippen LogP contribution in [0.25, 0.3) is 0 Å². The van der Waals surface area contributed by atoms with Gasteiger partial charge >= 0.3 is 6.18 Å². The smallest absolute Gasteiger partial charge is 0.335 e. The van der Waals surface area contributed by atoms with E-state index >= 15 is 0 Å². The molecular formula is C19H16F4N2O2. The number of hydrogen-bond acceptors (Lipinski definition) is 2. The van der Waals surface area contributed by atoms with Crippen LogP contribution in [0.3, 0.4) is 0 Å². The molecule has 0 unspecified atom stereocenters. The lowest BCUT2D eigenvalue weighted by molar-refractivity contribution is -0.137. The van der Waals surface area contributed by atoms with E-state index in [4.69, 9.17) is 0 Å². The SMILES string of the molecule is O=C(c1cccc(F)c1)N1CCN(C(=O)c2cccc(C(F)(F)F)c2)CC1. The number of rotatable bonds is 2. The number of carbonyl (C=O) groups is 2. The number of amides is 2. The zero-order valence-electron chi connectivity index (χ0n) is 14.2. The molecule has 0 saturated carbocycles. The highest BCUT2D eigenvalue weighted by atomic mass is 19.4. The zero-order chi connectivity index (χ0) is 19.6. The van der Waals surface area contributed by atoms with Gasteiger partial charge in [0, 0.05) is 37.3 Å². The topological polar surface area (TPSA) is 40.6 Å². The number of piperazine rings is 1. The summed E-state index contributed by atoms with van der Waals surface area (Å²) in [6, 6.07) is 9.59. The van der Waals surface area contributed by atoms with Gasteiger partial charge in [-0.25, -0.2) is 4.39 Å². The summed E-state index contributed by atoms with van der Waals surface area (Å²) >= 11 is 0. The van der Waals surface area contributed by atoms with Crippen LogP contribution in [-0.4, -0.2) is 47.8 Å². The molecule has 1 saturated heterocycles. The van der Waals surface area contributed by atoms with E-state index in [1.807, 2.05) is 0 Å². The molecule has 2 aromatic carbocycles. The van der Waals surface area contributed by atoms with Gasteiger partial charge in [0.25, 0.3) is 11.8 Å². The van der Waals surface area contributed by atoms with Crippen LogP contribution in [0.15, 0.2) is 48.5 Å². The molecule has 8 heteroatoms. The Labute approximate surface area is 153 Å². The lowest BCUT2D eigenvalue weighted by Crippen LogP contribution is -2.50. The Balaban J connectivity index is 1.65. The second-order valence-electron chi connectivity index (χ2n) is 6.17. The van der Waals surface area contributed by atoms with Gasteiger partial charge in [-0.05, 0) is 36.4 Å². The second-order valence-corrected chi connectivity index (χ2v) is 6.17. The molecule has 4 nitrogen and oxygen atoms in total. The normalized spacial score (nSPS) is 15.0. The van der Waals surface area contributed by atoms with E-state index in [1.54, 1.807) is 0 Å². The van der Waals surface area contributed by atoms with E-state index in [1.165, 1.54) is 40.1 Å². The first-order valence-electron chi connectivity index (χ1n) is 8.27. The van der Waals surface area contributed by atoms with E-state index in [9.17, 15) is 27.2 Å². The lowest BCUT2D eigenvalue weighted by atomic mass is 10.1. The van der Waals surface area contributed by atoms with Gasteiger partial charge in [-0.1, -0.05) is 12.1 Å². The Morgan fingerprint density at radius 2 is 1.26 bits per heavy atom. The summed E-state index contributed by atoms with van der Waals surface area (Å²) in [5, 5.41) is 0. The number of nitrogens with zero attached hydrogens (tertiary/aromatic N) is 2. The predicted octanol–water partition coefficient (Wildman–Crippen LogP) is 3.44. The van der Waals surface area contributed by atoms with Crippen molar-refractivity contribution in [2.75, 3.05) is 26.2 Å². The number of carbonyl (C=O) groups excluding carboxylic acids is 2. The van der Waals surface area contributed by atoms with E-state index in [0.29, 0.717) is 0 Å². The van der Waals surface area contributed by atoms with Crippen LogP contribution in [0.1, 0.15) is 26.3 Å². The molecule has 1 aliphatic heterocycles. The highest BCUT2D eigenvalue weighted by Gasteiger charge is 2.32. The zero-order valence-corrected chi connectivity index (χ0v) is 14.2. The maximum Gasteiger partial charge on any atom is 0.416 e. The number of benzene rings is 2. The van der Waals surface area contributed by atoms with Crippen LogP contribution in [0.2, 0.25) is 0 Å². The summed E-state index contributed by atoms with van der Waals surface area (Å²) in [4.78, 5) is 27.8. The maximum atomic E-state index is 13.3. The van der Waals surface area contributed by atoms with Crippen LogP contribution < -0.4 is 0 Å². The van der Waals surface area contributed by atoms with Gasteiger partial charge in [-0.2, -0.15) is 13.2 Å². The van der Waals surface area contributed by atoms with Gasteiger partial charge < -0.3 is 9.80 Å². The van der Waals surface area contributed by atoms with Crippen molar-refractivity contribution in [1.82, 2.24) is 9.80 Å². The van der Waals surface area contributed by atoms with Gasteiger partial charge in [0.1, 0.15) is 5.82 Å². The Bertz CT molecular complexity index is 859. The molecule has 1 fully saturated rings. The molecule has 27 heavy (non-hydrogen) atoms. The first-order chi connectivity index (χ1) is 12.8. The summed E-state index contributed by atoms with van der Waals surface area (Å²) in [6.45, 7) is 0.826. The first kappa shape index (κ1) is 18.9. The lowest BCUT2D eigenvalue weighted by Gasteiger charge is -2.35. The van der Waals surface area contributed by atoms with Crippen LogP contribution in [0, 0.1) is 5.82 Å². The van der Waals surface area contributed by atoms with Crippen molar-refractivity contribution in [3.05, 3.63) is 71.0 Å². The van der Waals surface area contributed by atoms with Crippen molar-refractivity contribution in [2.45, 2.75) is 6.18 Å². The highest BCUT2D eigenvalue weighted by molar-refractivity contribution is 5.96. The third kappa shape index (κ3) is 4.27. The second kappa shape index (κ2) is 7.38. The third-order valence-corrected chi connectivity index (χ3v) is 4.36. The Kier molecular flexibility index (Phi) is 5.16. The van der Waals surface area contributed by atoms with Crippen LogP contribution in [0.5, 0.6) is 0 Å².